The van der Waals surface area contributed by atoms with Crippen molar-refractivity contribution in [3.05, 3.63) is 52.2 Å². The van der Waals surface area contributed by atoms with Crippen molar-refractivity contribution in [1.29, 1.82) is 0 Å². The summed E-state index contributed by atoms with van der Waals surface area (Å²) < 4.78 is 0. The second kappa shape index (κ2) is 6.47. The third-order valence-electron chi connectivity index (χ3n) is 3.68. The molecule has 1 aliphatic heterocycles. The van der Waals surface area contributed by atoms with Crippen LogP contribution >= 0.6 is 34.4 Å². The molecule has 3 aromatic rings. The molecule has 0 saturated heterocycles. The number of thiazole rings is 1. The van der Waals surface area contributed by atoms with Gasteiger partial charge in [0.25, 0.3) is 0 Å². The molecule has 0 N–H and O–H groups in total. The van der Waals surface area contributed by atoms with Crippen LogP contribution in [0.3, 0.4) is 0 Å². The smallest absolute Gasteiger partial charge is 0.233 e. The lowest BCUT2D eigenvalue weighted by Gasteiger charge is -2.28. The van der Waals surface area contributed by atoms with Gasteiger partial charge in [0.2, 0.25) is 5.91 Å². The second-order valence-corrected chi connectivity index (χ2v) is 7.97. The number of carbonyl (C=O) groups excluding carboxylic acids is 1. The number of thiophene rings is 1. The number of nitrogens with zero attached hydrogens (tertiary/aromatic N) is 2. The second-order valence-electron chi connectivity index (χ2n) is 5.19. The molecule has 0 radical (unpaired) electrons. The lowest BCUT2D eigenvalue weighted by atomic mass is 10.2. The van der Waals surface area contributed by atoms with Crippen LogP contribution in [0.15, 0.2) is 51.4 Å². The van der Waals surface area contributed by atoms with Gasteiger partial charge in [-0.1, -0.05) is 12.1 Å². The summed E-state index contributed by atoms with van der Waals surface area (Å²) in [5, 5.41) is 7.12. The largest absolute Gasteiger partial charge is 0.310 e. The highest BCUT2D eigenvalue weighted by Gasteiger charge is 2.23. The van der Waals surface area contributed by atoms with E-state index in [0.717, 1.165) is 34.2 Å². The summed E-state index contributed by atoms with van der Waals surface area (Å²) in [5.74, 6) is 1.07. The maximum atomic E-state index is 12.7. The van der Waals surface area contributed by atoms with Gasteiger partial charge in [0, 0.05) is 33.5 Å². The third-order valence-corrected chi connectivity index (χ3v) is 6.35. The molecule has 1 aliphatic rings. The third kappa shape index (κ3) is 3.06. The van der Waals surface area contributed by atoms with Gasteiger partial charge in [0.05, 0.1) is 17.8 Å². The van der Waals surface area contributed by atoms with E-state index < -0.39 is 0 Å². The molecule has 1 aromatic carbocycles. The Bertz CT molecular complexity index is 826. The van der Waals surface area contributed by atoms with Gasteiger partial charge in [-0.25, -0.2) is 4.98 Å². The first-order chi connectivity index (χ1) is 11.3. The highest BCUT2D eigenvalue weighted by molar-refractivity contribution is 7.99. The van der Waals surface area contributed by atoms with Gasteiger partial charge in [-0.2, -0.15) is 11.3 Å². The van der Waals surface area contributed by atoms with Gasteiger partial charge in [-0.3, -0.25) is 4.79 Å². The van der Waals surface area contributed by atoms with Crippen LogP contribution in [0.2, 0.25) is 0 Å². The Labute approximate surface area is 147 Å². The molecule has 3 nitrogen and oxygen atoms in total. The van der Waals surface area contributed by atoms with Crippen LogP contribution in [0.25, 0.3) is 10.6 Å². The van der Waals surface area contributed by atoms with Crippen molar-refractivity contribution in [3.8, 4) is 10.6 Å². The number of anilines is 1. The normalized spacial score (nSPS) is 13.8. The van der Waals surface area contributed by atoms with Crippen molar-refractivity contribution < 1.29 is 4.79 Å². The van der Waals surface area contributed by atoms with Crippen molar-refractivity contribution in [2.75, 3.05) is 17.2 Å². The van der Waals surface area contributed by atoms with E-state index in [2.05, 4.69) is 22.5 Å². The zero-order valence-corrected chi connectivity index (χ0v) is 14.7. The average Bonchev–Trinajstić information content (AvgIpc) is 3.25. The highest BCUT2D eigenvalue weighted by atomic mass is 32.2. The van der Waals surface area contributed by atoms with Gasteiger partial charge in [0.15, 0.2) is 0 Å². The molecule has 0 spiro atoms. The van der Waals surface area contributed by atoms with Gasteiger partial charge in [-0.05, 0) is 23.6 Å². The van der Waals surface area contributed by atoms with Crippen LogP contribution in [-0.2, 0) is 11.2 Å². The number of fused-ring (bicyclic) bond motifs is 1. The average molecular weight is 359 g/mol. The number of hydrogen-bond acceptors (Lipinski definition) is 5. The summed E-state index contributed by atoms with van der Waals surface area (Å²) >= 11 is 5.08. The number of amides is 1. The minimum Gasteiger partial charge on any atom is -0.310 e. The Morgan fingerprint density at radius 3 is 3.00 bits per heavy atom. The minimum atomic E-state index is 0.125. The Kier molecular flexibility index (Phi) is 4.20. The van der Waals surface area contributed by atoms with E-state index in [9.17, 15) is 4.79 Å². The Morgan fingerprint density at radius 2 is 2.13 bits per heavy atom. The molecule has 3 heterocycles. The molecule has 2 aromatic heterocycles. The zero-order chi connectivity index (χ0) is 15.6. The molecule has 4 rings (SSSR count). The van der Waals surface area contributed by atoms with Crippen LogP contribution in [0.5, 0.6) is 0 Å². The number of rotatable bonds is 3. The van der Waals surface area contributed by atoms with Crippen LogP contribution in [0.4, 0.5) is 5.69 Å². The summed E-state index contributed by atoms with van der Waals surface area (Å²) in [6.07, 6.45) is 0.361. The number of benzene rings is 1. The molecule has 0 unspecified atom stereocenters. The zero-order valence-electron chi connectivity index (χ0n) is 12.3. The standard InChI is InChI=1S/C17H14N2OS3/c20-16(19-6-8-22-15-4-2-1-3-14(15)19)9-13-11-23-17(18-13)12-5-7-21-10-12/h1-5,7,10-11H,6,8-9H2. The van der Waals surface area contributed by atoms with E-state index in [-0.39, 0.29) is 5.91 Å². The van der Waals surface area contributed by atoms with E-state index in [1.54, 1.807) is 22.7 Å². The fourth-order valence-electron chi connectivity index (χ4n) is 2.59. The molecule has 0 saturated carbocycles. The molecule has 1 amide bonds. The molecule has 116 valence electrons. The monoisotopic (exact) mass is 358 g/mol. The number of thioether (sulfide) groups is 1. The quantitative estimate of drug-likeness (QED) is 0.688. The van der Waals surface area contributed by atoms with Gasteiger partial charge in [0.1, 0.15) is 5.01 Å². The van der Waals surface area contributed by atoms with Crippen LogP contribution in [0, 0.1) is 0 Å². The number of hydrogen-bond donors (Lipinski definition) is 0. The summed E-state index contributed by atoms with van der Waals surface area (Å²) in [6.45, 7) is 0.766. The molecule has 0 bridgehead atoms. The Morgan fingerprint density at radius 1 is 1.22 bits per heavy atom. The van der Waals surface area contributed by atoms with Crippen molar-refractivity contribution in [3.63, 3.8) is 0 Å². The first-order valence-electron chi connectivity index (χ1n) is 7.30. The number of para-hydroxylation sites is 1. The van der Waals surface area contributed by atoms with Crippen molar-refractivity contribution >= 4 is 46.0 Å². The SMILES string of the molecule is O=C(Cc1csc(-c2ccsc2)n1)N1CCSc2ccccc21. The lowest BCUT2D eigenvalue weighted by molar-refractivity contribution is -0.118. The van der Waals surface area contributed by atoms with Crippen LogP contribution in [-0.4, -0.2) is 23.2 Å². The first-order valence-corrected chi connectivity index (χ1v) is 10.1. The minimum absolute atomic E-state index is 0.125. The highest BCUT2D eigenvalue weighted by Crippen LogP contribution is 2.34. The number of carbonyl (C=O) groups is 1. The predicted octanol–water partition coefficient (Wildman–Crippen LogP) is 4.55. The molecule has 0 aliphatic carbocycles. The van der Waals surface area contributed by atoms with E-state index in [0.29, 0.717) is 6.42 Å². The predicted molar refractivity (Wildman–Crippen MR) is 98.7 cm³/mol. The Hall–Kier alpha value is -1.63. The van der Waals surface area contributed by atoms with E-state index in [1.165, 1.54) is 4.90 Å². The van der Waals surface area contributed by atoms with Crippen molar-refractivity contribution in [2.24, 2.45) is 0 Å². The van der Waals surface area contributed by atoms with Crippen molar-refractivity contribution in [1.82, 2.24) is 4.98 Å². The van der Waals surface area contributed by atoms with E-state index in [4.69, 9.17) is 0 Å². The molecule has 0 atom stereocenters. The molecule has 23 heavy (non-hydrogen) atoms. The maximum Gasteiger partial charge on any atom is 0.233 e. The molecule has 6 heteroatoms. The molecular formula is C17H14N2OS3. The maximum absolute atomic E-state index is 12.7. The van der Waals surface area contributed by atoms with Crippen LogP contribution < -0.4 is 4.90 Å². The van der Waals surface area contributed by atoms with E-state index >= 15 is 0 Å². The van der Waals surface area contributed by atoms with Gasteiger partial charge < -0.3 is 4.90 Å². The summed E-state index contributed by atoms with van der Waals surface area (Å²) in [4.78, 5) is 20.4. The fourth-order valence-corrected chi connectivity index (χ4v) is 5.11. The summed E-state index contributed by atoms with van der Waals surface area (Å²) in [7, 11) is 0. The first kappa shape index (κ1) is 14.9. The summed E-state index contributed by atoms with van der Waals surface area (Å²) in [5.41, 5.74) is 3.03. The fraction of sp³-hybridized carbons (Fsp3) is 0.176. The van der Waals surface area contributed by atoms with Gasteiger partial charge in [-0.15, -0.1) is 23.1 Å². The topological polar surface area (TPSA) is 33.2 Å². The van der Waals surface area contributed by atoms with Gasteiger partial charge >= 0.3 is 0 Å². The molecular weight excluding hydrogens is 344 g/mol. The van der Waals surface area contributed by atoms with Crippen molar-refractivity contribution in [2.45, 2.75) is 11.3 Å². The Balaban J connectivity index is 1.53. The molecule has 0 fully saturated rings. The number of aromatic nitrogens is 1. The van der Waals surface area contributed by atoms with E-state index in [1.807, 2.05) is 45.6 Å². The lowest BCUT2D eigenvalue weighted by Crippen LogP contribution is -2.36. The summed E-state index contributed by atoms with van der Waals surface area (Å²) in [6, 6.07) is 10.2. The van der Waals surface area contributed by atoms with Crippen LogP contribution in [0.1, 0.15) is 5.69 Å².